The second kappa shape index (κ2) is 9.16. The van der Waals surface area contributed by atoms with Crippen molar-refractivity contribution in [2.45, 2.75) is 6.42 Å². The number of aromatic hydroxyl groups is 1. The molecule has 0 bridgehead atoms. The summed E-state index contributed by atoms with van der Waals surface area (Å²) in [5.74, 6) is 0.248. The Morgan fingerprint density at radius 1 is 1.21 bits per heavy atom. The third-order valence-electron chi connectivity index (χ3n) is 4.92. The Balaban J connectivity index is 2.05. The van der Waals surface area contributed by atoms with E-state index in [-0.39, 0.29) is 22.8 Å². The first-order valence-corrected chi connectivity index (χ1v) is 9.66. The first-order chi connectivity index (χ1) is 13.9. The van der Waals surface area contributed by atoms with E-state index in [4.69, 9.17) is 21.1 Å². The van der Waals surface area contributed by atoms with Crippen LogP contribution in [0.1, 0.15) is 27.9 Å². The summed E-state index contributed by atoms with van der Waals surface area (Å²) in [7, 11) is 5.03. The Labute approximate surface area is 175 Å². The molecule has 0 amide bonds. The van der Waals surface area contributed by atoms with Gasteiger partial charge in [-0.1, -0.05) is 35.9 Å². The van der Waals surface area contributed by atoms with Crippen LogP contribution in [-0.2, 0) is 0 Å². The van der Waals surface area contributed by atoms with Crippen molar-refractivity contribution < 1.29 is 19.4 Å². The lowest BCUT2D eigenvalue weighted by Gasteiger charge is -2.24. The summed E-state index contributed by atoms with van der Waals surface area (Å²) >= 11 is 6.00. The molecule has 1 aliphatic rings. The van der Waals surface area contributed by atoms with Gasteiger partial charge in [0.25, 0.3) is 0 Å². The quantitative estimate of drug-likeness (QED) is 0.550. The number of phenolic OH excluding ortho intramolecular Hbond substituents is 1. The van der Waals surface area contributed by atoms with E-state index in [9.17, 15) is 9.90 Å². The maximum Gasteiger partial charge on any atom is 0.193 e. The summed E-state index contributed by atoms with van der Waals surface area (Å²) < 4.78 is 10.9. The zero-order valence-electron chi connectivity index (χ0n) is 16.7. The van der Waals surface area contributed by atoms with E-state index in [1.807, 2.05) is 25.3 Å². The van der Waals surface area contributed by atoms with Gasteiger partial charge in [0.2, 0.25) is 0 Å². The number of carbonyl (C=O) groups excluding carboxylic acids is 1. The third kappa shape index (κ3) is 4.63. The highest BCUT2D eigenvalue weighted by molar-refractivity contribution is 6.30. The molecule has 0 saturated heterocycles. The molecule has 1 aliphatic heterocycles. The average molecular weight is 414 g/mol. The summed E-state index contributed by atoms with van der Waals surface area (Å²) in [6.07, 6.45) is 5.86. The van der Waals surface area contributed by atoms with E-state index in [0.717, 1.165) is 30.6 Å². The number of benzene rings is 2. The molecule has 0 saturated carbocycles. The summed E-state index contributed by atoms with van der Waals surface area (Å²) in [6.45, 7) is 1.63. The van der Waals surface area contributed by atoms with Gasteiger partial charge in [0.1, 0.15) is 22.8 Å². The molecule has 2 aromatic carbocycles. The Bertz CT molecular complexity index is 981. The SMILES string of the molecule is COc1cc(OC)c(C2=CCN(C)CC2)c(O)c1C(=O)C=Cc1cccc(Cl)c1. The van der Waals surface area contributed by atoms with Gasteiger partial charge in [-0.25, -0.2) is 0 Å². The van der Waals surface area contributed by atoms with Crippen LogP contribution in [0.25, 0.3) is 11.6 Å². The monoisotopic (exact) mass is 413 g/mol. The molecule has 0 unspecified atom stereocenters. The molecule has 3 rings (SSSR count). The van der Waals surface area contributed by atoms with Crippen LogP contribution >= 0.6 is 11.6 Å². The minimum absolute atomic E-state index is 0.112. The van der Waals surface area contributed by atoms with Crippen LogP contribution in [-0.4, -0.2) is 50.1 Å². The molecule has 1 N–H and O–H groups in total. The van der Waals surface area contributed by atoms with Gasteiger partial charge in [0, 0.05) is 24.2 Å². The highest BCUT2D eigenvalue weighted by atomic mass is 35.5. The number of likely N-dealkylation sites (N-methyl/N-ethyl adjacent to an activating group) is 1. The fraction of sp³-hybridized carbons (Fsp3) is 0.261. The number of hydrogen-bond acceptors (Lipinski definition) is 5. The van der Waals surface area contributed by atoms with E-state index in [1.165, 1.54) is 20.3 Å². The van der Waals surface area contributed by atoms with Crippen LogP contribution in [0.2, 0.25) is 5.02 Å². The van der Waals surface area contributed by atoms with Crippen LogP contribution in [0, 0.1) is 0 Å². The van der Waals surface area contributed by atoms with E-state index in [1.54, 1.807) is 24.3 Å². The van der Waals surface area contributed by atoms with Crippen LogP contribution in [0.5, 0.6) is 17.2 Å². The highest BCUT2D eigenvalue weighted by Crippen LogP contribution is 2.44. The van der Waals surface area contributed by atoms with E-state index < -0.39 is 0 Å². The summed E-state index contributed by atoms with van der Waals surface area (Å²) in [5.41, 5.74) is 2.39. The van der Waals surface area contributed by atoms with Gasteiger partial charge in [-0.15, -0.1) is 0 Å². The molecule has 6 heteroatoms. The summed E-state index contributed by atoms with van der Waals surface area (Å²) in [5, 5.41) is 11.6. The van der Waals surface area contributed by atoms with Crippen LogP contribution in [0.3, 0.4) is 0 Å². The fourth-order valence-electron chi connectivity index (χ4n) is 3.36. The maximum absolute atomic E-state index is 13.0. The number of phenols is 1. The molecule has 29 heavy (non-hydrogen) atoms. The lowest BCUT2D eigenvalue weighted by Crippen LogP contribution is -2.23. The minimum atomic E-state index is -0.364. The molecule has 0 radical (unpaired) electrons. The first-order valence-electron chi connectivity index (χ1n) is 9.28. The number of hydrogen-bond donors (Lipinski definition) is 1. The lowest BCUT2D eigenvalue weighted by atomic mass is 9.93. The van der Waals surface area contributed by atoms with Crippen LogP contribution in [0.15, 0.2) is 42.5 Å². The van der Waals surface area contributed by atoms with Crippen molar-refractivity contribution in [3.8, 4) is 17.2 Å². The molecule has 2 aromatic rings. The molecule has 1 heterocycles. The summed E-state index contributed by atoms with van der Waals surface area (Å²) in [4.78, 5) is 15.1. The van der Waals surface area contributed by atoms with Crippen molar-refractivity contribution in [3.05, 3.63) is 64.2 Å². The number of methoxy groups -OCH3 is 2. The van der Waals surface area contributed by atoms with Gasteiger partial charge < -0.3 is 19.5 Å². The Morgan fingerprint density at radius 3 is 2.59 bits per heavy atom. The zero-order valence-corrected chi connectivity index (χ0v) is 17.5. The average Bonchev–Trinajstić information content (AvgIpc) is 2.72. The topological polar surface area (TPSA) is 59.0 Å². The van der Waals surface area contributed by atoms with Crippen molar-refractivity contribution in [2.24, 2.45) is 0 Å². The Kier molecular flexibility index (Phi) is 6.62. The van der Waals surface area contributed by atoms with Crippen molar-refractivity contribution in [3.63, 3.8) is 0 Å². The first kappa shape index (κ1) is 21.0. The molecule has 152 valence electrons. The van der Waals surface area contributed by atoms with Gasteiger partial charge in [-0.2, -0.15) is 0 Å². The second-order valence-electron chi connectivity index (χ2n) is 6.87. The van der Waals surface area contributed by atoms with Crippen LogP contribution < -0.4 is 9.47 Å². The molecule has 0 aromatic heterocycles. The third-order valence-corrected chi connectivity index (χ3v) is 5.16. The zero-order chi connectivity index (χ0) is 21.0. The molecule has 0 atom stereocenters. The minimum Gasteiger partial charge on any atom is -0.506 e. The van der Waals surface area contributed by atoms with E-state index >= 15 is 0 Å². The van der Waals surface area contributed by atoms with Crippen molar-refractivity contribution in [1.82, 2.24) is 4.90 Å². The van der Waals surface area contributed by atoms with Crippen molar-refractivity contribution >= 4 is 29.0 Å². The molecular formula is C23H24ClNO4. The molecule has 0 aliphatic carbocycles. The lowest BCUT2D eigenvalue weighted by molar-refractivity contribution is 0.104. The van der Waals surface area contributed by atoms with Gasteiger partial charge in [-0.3, -0.25) is 4.79 Å². The van der Waals surface area contributed by atoms with Gasteiger partial charge in [0.05, 0.1) is 19.8 Å². The van der Waals surface area contributed by atoms with Crippen molar-refractivity contribution in [2.75, 3.05) is 34.4 Å². The maximum atomic E-state index is 13.0. The molecule has 0 spiro atoms. The number of allylic oxidation sites excluding steroid dienone is 1. The number of ether oxygens (including phenoxy) is 2. The standard InChI is InChI=1S/C23H24ClNO4/c1-25-11-9-16(10-12-25)21-19(28-2)14-20(29-3)22(23(21)27)18(26)8-7-15-5-4-6-17(24)13-15/h4-9,13-14,27H,10-12H2,1-3H3. The highest BCUT2D eigenvalue weighted by Gasteiger charge is 2.26. The van der Waals surface area contributed by atoms with Crippen molar-refractivity contribution in [1.29, 1.82) is 0 Å². The second-order valence-corrected chi connectivity index (χ2v) is 7.31. The largest absolute Gasteiger partial charge is 0.506 e. The number of rotatable bonds is 6. The number of halogens is 1. The fourth-order valence-corrected chi connectivity index (χ4v) is 3.55. The number of ketones is 1. The Hall–Kier alpha value is -2.76. The van der Waals surface area contributed by atoms with Gasteiger partial charge in [-0.05, 0) is 42.8 Å². The van der Waals surface area contributed by atoms with Gasteiger partial charge in [0.15, 0.2) is 5.78 Å². The van der Waals surface area contributed by atoms with Gasteiger partial charge >= 0.3 is 0 Å². The normalized spacial score (nSPS) is 14.7. The smallest absolute Gasteiger partial charge is 0.193 e. The molecule has 5 nitrogen and oxygen atoms in total. The molecule has 0 fully saturated rings. The van der Waals surface area contributed by atoms with E-state index in [2.05, 4.69) is 4.90 Å². The summed E-state index contributed by atoms with van der Waals surface area (Å²) in [6, 6.07) is 8.82. The predicted octanol–water partition coefficient (Wildman–Crippen LogP) is 4.68. The number of carbonyl (C=O) groups is 1. The number of nitrogens with zero attached hydrogens (tertiary/aromatic N) is 1. The van der Waals surface area contributed by atoms with Crippen LogP contribution in [0.4, 0.5) is 0 Å². The molecular weight excluding hydrogens is 390 g/mol. The predicted molar refractivity (Wildman–Crippen MR) is 116 cm³/mol. The Morgan fingerprint density at radius 2 is 1.97 bits per heavy atom. The van der Waals surface area contributed by atoms with E-state index in [0.29, 0.717) is 16.3 Å².